The maximum Gasteiger partial charge on any atom is 0.146 e. The summed E-state index contributed by atoms with van der Waals surface area (Å²) in [7, 11) is 1.92. The van der Waals surface area contributed by atoms with E-state index in [1.54, 1.807) is 6.07 Å². The van der Waals surface area contributed by atoms with Crippen LogP contribution in [0.5, 0.6) is 0 Å². The summed E-state index contributed by atoms with van der Waals surface area (Å²) in [5.74, 6) is -0.135. The van der Waals surface area contributed by atoms with Crippen molar-refractivity contribution >= 4 is 5.69 Å². The summed E-state index contributed by atoms with van der Waals surface area (Å²) in [5.41, 5.74) is 1.67. The highest BCUT2D eigenvalue weighted by Crippen LogP contribution is 2.19. The molecule has 0 fully saturated rings. The van der Waals surface area contributed by atoms with Crippen molar-refractivity contribution in [3.63, 3.8) is 0 Å². The summed E-state index contributed by atoms with van der Waals surface area (Å²) >= 11 is 0. The van der Waals surface area contributed by atoms with Crippen LogP contribution in [-0.4, -0.2) is 19.6 Å². The molecule has 0 atom stereocenters. The zero-order chi connectivity index (χ0) is 12.8. The molecule has 0 amide bonds. The van der Waals surface area contributed by atoms with Crippen molar-refractivity contribution < 1.29 is 4.39 Å². The molecule has 0 spiro atoms. The molecule has 0 heterocycles. The lowest BCUT2D eigenvalue weighted by atomic mass is 10.1. The Balaban J connectivity index is 2.72. The highest BCUT2D eigenvalue weighted by Gasteiger charge is 2.07. The molecule has 0 aliphatic heterocycles. The van der Waals surface area contributed by atoms with Crippen LogP contribution in [0.4, 0.5) is 10.1 Å². The molecule has 1 aromatic carbocycles. The Kier molecular flexibility index (Phi) is 5.42. The molecule has 1 aromatic rings. The first kappa shape index (κ1) is 14.0. The molecule has 0 bridgehead atoms. The Morgan fingerprint density at radius 2 is 2.06 bits per heavy atom. The summed E-state index contributed by atoms with van der Waals surface area (Å²) in [6.45, 7) is 7.85. The first-order chi connectivity index (χ1) is 8.04. The summed E-state index contributed by atoms with van der Waals surface area (Å²) in [6, 6.07) is 5.89. The fraction of sp³-hybridized carbons (Fsp3) is 0.571. The van der Waals surface area contributed by atoms with Crippen molar-refractivity contribution in [2.45, 2.75) is 39.8 Å². The van der Waals surface area contributed by atoms with E-state index in [9.17, 15) is 4.39 Å². The van der Waals surface area contributed by atoms with Gasteiger partial charge in [-0.25, -0.2) is 4.39 Å². The van der Waals surface area contributed by atoms with Crippen molar-refractivity contribution in [3.05, 3.63) is 29.6 Å². The monoisotopic (exact) mass is 238 g/mol. The van der Waals surface area contributed by atoms with Gasteiger partial charge in [0.2, 0.25) is 0 Å². The average Bonchev–Trinajstić information content (AvgIpc) is 2.26. The molecule has 0 aliphatic rings. The Hall–Kier alpha value is -1.09. The zero-order valence-electron chi connectivity index (χ0n) is 11.3. The van der Waals surface area contributed by atoms with Gasteiger partial charge in [0.1, 0.15) is 5.82 Å². The third-order valence-corrected chi connectivity index (χ3v) is 2.70. The zero-order valence-corrected chi connectivity index (χ0v) is 11.3. The minimum Gasteiger partial charge on any atom is -0.372 e. The van der Waals surface area contributed by atoms with Crippen molar-refractivity contribution in [2.75, 3.05) is 18.5 Å². The van der Waals surface area contributed by atoms with Gasteiger partial charge in [0.25, 0.3) is 0 Å². The molecular formula is C14H23FN2. The van der Waals surface area contributed by atoms with E-state index in [-0.39, 0.29) is 5.82 Å². The number of nitrogens with zero attached hydrogens (tertiary/aromatic N) is 1. The SMILES string of the molecule is CCCN(C)c1ccc(CNC(C)C)cc1F. The number of hydrogen-bond donors (Lipinski definition) is 1. The van der Waals surface area contributed by atoms with Crippen LogP contribution in [0, 0.1) is 5.82 Å². The van der Waals surface area contributed by atoms with Gasteiger partial charge in [-0.15, -0.1) is 0 Å². The van der Waals surface area contributed by atoms with Crippen LogP contribution in [0.2, 0.25) is 0 Å². The standard InChI is InChI=1S/C14H23FN2/c1-5-8-17(4)14-7-6-12(9-13(14)15)10-16-11(2)3/h6-7,9,11,16H,5,8,10H2,1-4H3. The molecule has 1 N–H and O–H groups in total. The second kappa shape index (κ2) is 6.60. The molecule has 3 heteroatoms. The molecular weight excluding hydrogens is 215 g/mol. The smallest absolute Gasteiger partial charge is 0.146 e. The van der Waals surface area contributed by atoms with Crippen LogP contribution in [0.15, 0.2) is 18.2 Å². The van der Waals surface area contributed by atoms with E-state index in [2.05, 4.69) is 26.1 Å². The normalized spacial score (nSPS) is 10.9. The van der Waals surface area contributed by atoms with Crippen molar-refractivity contribution in [1.29, 1.82) is 0 Å². The number of rotatable bonds is 6. The minimum absolute atomic E-state index is 0.135. The van der Waals surface area contributed by atoms with Crippen molar-refractivity contribution in [2.24, 2.45) is 0 Å². The van der Waals surface area contributed by atoms with Gasteiger partial charge < -0.3 is 10.2 Å². The molecule has 1 rings (SSSR count). The molecule has 0 unspecified atom stereocenters. The average molecular weight is 238 g/mol. The lowest BCUT2D eigenvalue weighted by Gasteiger charge is -2.19. The summed E-state index contributed by atoms with van der Waals surface area (Å²) < 4.78 is 13.9. The van der Waals surface area contributed by atoms with Crippen LogP contribution in [0.25, 0.3) is 0 Å². The lowest BCUT2D eigenvalue weighted by molar-refractivity contribution is 0.580. The van der Waals surface area contributed by atoms with E-state index < -0.39 is 0 Å². The van der Waals surface area contributed by atoms with Gasteiger partial charge in [-0.2, -0.15) is 0 Å². The highest BCUT2D eigenvalue weighted by atomic mass is 19.1. The highest BCUT2D eigenvalue weighted by molar-refractivity contribution is 5.48. The molecule has 0 radical (unpaired) electrons. The van der Waals surface area contributed by atoms with Gasteiger partial charge >= 0.3 is 0 Å². The molecule has 17 heavy (non-hydrogen) atoms. The number of benzene rings is 1. The third kappa shape index (κ3) is 4.35. The van der Waals surface area contributed by atoms with Gasteiger partial charge in [-0.3, -0.25) is 0 Å². The maximum absolute atomic E-state index is 13.9. The Morgan fingerprint density at radius 3 is 2.59 bits per heavy atom. The minimum atomic E-state index is -0.135. The first-order valence-electron chi connectivity index (χ1n) is 6.27. The van der Waals surface area contributed by atoms with Gasteiger partial charge in [-0.05, 0) is 24.1 Å². The summed E-state index contributed by atoms with van der Waals surface area (Å²) in [6.07, 6.45) is 1.02. The molecule has 2 nitrogen and oxygen atoms in total. The van der Waals surface area contributed by atoms with Gasteiger partial charge in [0, 0.05) is 26.2 Å². The fourth-order valence-electron chi connectivity index (χ4n) is 1.75. The lowest BCUT2D eigenvalue weighted by Crippen LogP contribution is -2.22. The van der Waals surface area contributed by atoms with E-state index in [0.29, 0.717) is 18.3 Å². The molecule has 96 valence electrons. The van der Waals surface area contributed by atoms with Crippen LogP contribution < -0.4 is 10.2 Å². The maximum atomic E-state index is 13.9. The third-order valence-electron chi connectivity index (χ3n) is 2.70. The van der Waals surface area contributed by atoms with Crippen LogP contribution in [-0.2, 0) is 6.54 Å². The van der Waals surface area contributed by atoms with Gasteiger partial charge in [0.15, 0.2) is 0 Å². The summed E-state index contributed by atoms with van der Waals surface area (Å²) in [5, 5.41) is 3.28. The number of anilines is 1. The quantitative estimate of drug-likeness (QED) is 0.819. The van der Waals surface area contributed by atoms with Gasteiger partial charge in [0.05, 0.1) is 5.69 Å². The largest absolute Gasteiger partial charge is 0.372 e. The van der Waals surface area contributed by atoms with Crippen LogP contribution in [0.3, 0.4) is 0 Å². The van der Waals surface area contributed by atoms with E-state index in [0.717, 1.165) is 18.5 Å². The molecule has 0 saturated carbocycles. The molecule has 0 aromatic heterocycles. The summed E-state index contributed by atoms with van der Waals surface area (Å²) in [4.78, 5) is 1.95. The van der Waals surface area contributed by atoms with Gasteiger partial charge in [-0.1, -0.05) is 26.8 Å². The van der Waals surface area contributed by atoms with Crippen LogP contribution >= 0.6 is 0 Å². The number of hydrogen-bond acceptors (Lipinski definition) is 2. The molecule has 0 aliphatic carbocycles. The number of nitrogens with one attached hydrogen (secondary N) is 1. The first-order valence-corrected chi connectivity index (χ1v) is 6.27. The molecule has 0 saturated heterocycles. The van der Waals surface area contributed by atoms with E-state index in [4.69, 9.17) is 0 Å². The second-order valence-electron chi connectivity index (χ2n) is 4.74. The van der Waals surface area contributed by atoms with Crippen molar-refractivity contribution in [1.82, 2.24) is 5.32 Å². The Labute approximate surface area is 104 Å². The van der Waals surface area contributed by atoms with E-state index in [1.807, 2.05) is 24.1 Å². The predicted octanol–water partition coefficient (Wildman–Crippen LogP) is 3.17. The number of halogens is 1. The second-order valence-corrected chi connectivity index (χ2v) is 4.74. The van der Waals surface area contributed by atoms with E-state index >= 15 is 0 Å². The topological polar surface area (TPSA) is 15.3 Å². The van der Waals surface area contributed by atoms with Crippen LogP contribution in [0.1, 0.15) is 32.8 Å². The van der Waals surface area contributed by atoms with E-state index in [1.165, 1.54) is 0 Å². The fourth-order valence-corrected chi connectivity index (χ4v) is 1.75. The Morgan fingerprint density at radius 1 is 1.35 bits per heavy atom. The predicted molar refractivity (Wildman–Crippen MR) is 71.9 cm³/mol. The Bertz CT molecular complexity index is 350. The van der Waals surface area contributed by atoms with Crippen molar-refractivity contribution in [3.8, 4) is 0 Å².